The van der Waals surface area contributed by atoms with Crippen LogP contribution in [-0.2, 0) is 0 Å². The molecule has 0 aliphatic rings. The summed E-state index contributed by atoms with van der Waals surface area (Å²) in [6, 6.07) is 7.03. The highest BCUT2D eigenvalue weighted by Crippen LogP contribution is 2.33. The summed E-state index contributed by atoms with van der Waals surface area (Å²) >= 11 is 6.10. The molecule has 2 N–H and O–H groups in total. The molecule has 6 heteroatoms. The van der Waals surface area contributed by atoms with E-state index in [0.717, 1.165) is 5.56 Å². The van der Waals surface area contributed by atoms with Crippen molar-refractivity contribution in [3.05, 3.63) is 41.1 Å². The van der Waals surface area contributed by atoms with Crippen molar-refractivity contribution in [3.63, 3.8) is 0 Å². The fourth-order valence-electron chi connectivity index (χ4n) is 1.79. The Labute approximate surface area is 114 Å². The number of nitrogen functional groups attached to an aromatic ring is 1. The first kappa shape index (κ1) is 11.8. The molecule has 0 radical (unpaired) electrons. The zero-order chi connectivity index (χ0) is 13.4. The molecule has 0 saturated carbocycles. The van der Waals surface area contributed by atoms with Crippen LogP contribution in [0.4, 0.5) is 5.69 Å². The Kier molecular flexibility index (Phi) is 2.76. The lowest BCUT2D eigenvalue weighted by Gasteiger charge is -2.01. The Morgan fingerprint density at radius 2 is 2.11 bits per heavy atom. The third-order valence-electron chi connectivity index (χ3n) is 2.75. The molecule has 0 unspecified atom stereocenters. The molecule has 0 amide bonds. The van der Waals surface area contributed by atoms with E-state index in [9.17, 15) is 0 Å². The van der Waals surface area contributed by atoms with Gasteiger partial charge in [-0.15, -0.1) is 0 Å². The number of nitrogens with zero attached hydrogens (tertiary/aromatic N) is 2. The number of anilines is 1. The fourth-order valence-corrected chi connectivity index (χ4v) is 2.05. The maximum Gasteiger partial charge on any atom is 0.261 e. The number of nitrogens with two attached hydrogens (primary N) is 1. The quantitative estimate of drug-likeness (QED) is 0.724. The van der Waals surface area contributed by atoms with Crippen LogP contribution < -0.4 is 5.73 Å². The summed E-state index contributed by atoms with van der Waals surface area (Å²) < 4.78 is 10.5. The third kappa shape index (κ3) is 1.98. The Hall–Kier alpha value is -2.27. The van der Waals surface area contributed by atoms with Crippen LogP contribution in [0.3, 0.4) is 0 Å². The highest BCUT2D eigenvalue weighted by molar-refractivity contribution is 6.33. The summed E-state index contributed by atoms with van der Waals surface area (Å²) in [4.78, 5) is 4.27. The van der Waals surface area contributed by atoms with Crippen LogP contribution in [0.5, 0.6) is 0 Å². The van der Waals surface area contributed by atoms with Gasteiger partial charge in [0.2, 0.25) is 5.82 Å². The largest absolute Gasteiger partial charge is 0.461 e. The van der Waals surface area contributed by atoms with Crippen molar-refractivity contribution in [2.24, 2.45) is 0 Å². The first-order valence-corrected chi connectivity index (χ1v) is 5.97. The van der Waals surface area contributed by atoms with E-state index in [1.807, 2.05) is 13.0 Å². The number of furan rings is 1. The Morgan fingerprint density at radius 3 is 2.79 bits per heavy atom. The van der Waals surface area contributed by atoms with Crippen LogP contribution in [0.2, 0.25) is 5.02 Å². The molecule has 0 fully saturated rings. The van der Waals surface area contributed by atoms with Gasteiger partial charge >= 0.3 is 0 Å². The number of benzene rings is 1. The normalized spacial score (nSPS) is 10.8. The molecule has 0 saturated heterocycles. The summed E-state index contributed by atoms with van der Waals surface area (Å²) in [5, 5.41) is 4.35. The molecule has 19 heavy (non-hydrogen) atoms. The second kappa shape index (κ2) is 4.44. The van der Waals surface area contributed by atoms with E-state index in [2.05, 4.69) is 10.1 Å². The van der Waals surface area contributed by atoms with E-state index in [0.29, 0.717) is 27.9 Å². The third-order valence-corrected chi connectivity index (χ3v) is 3.07. The zero-order valence-corrected chi connectivity index (χ0v) is 10.8. The van der Waals surface area contributed by atoms with E-state index in [-0.39, 0.29) is 5.89 Å². The predicted molar refractivity (Wildman–Crippen MR) is 71.6 cm³/mol. The van der Waals surface area contributed by atoms with Crippen molar-refractivity contribution in [2.75, 3.05) is 5.73 Å². The Bertz CT molecular complexity index is 713. The maximum atomic E-state index is 6.10. The van der Waals surface area contributed by atoms with Gasteiger partial charge in [-0.25, -0.2) is 0 Å². The second-order valence-electron chi connectivity index (χ2n) is 4.06. The second-order valence-corrected chi connectivity index (χ2v) is 4.47. The molecular formula is C13H10ClN3O2. The SMILES string of the molecule is Cc1ccoc1-c1noc(-c2c(N)cccc2Cl)n1. The molecule has 3 aromatic rings. The maximum absolute atomic E-state index is 6.10. The van der Waals surface area contributed by atoms with Crippen LogP contribution in [0.25, 0.3) is 23.0 Å². The standard InChI is InChI=1S/C13H10ClN3O2/c1-7-5-6-18-11(7)12-16-13(19-17-12)10-8(14)3-2-4-9(10)15/h2-6H,15H2,1H3. The number of aromatic nitrogens is 2. The van der Waals surface area contributed by atoms with Gasteiger partial charge in [0.15, 0.2) is 5.76 Å². The van der Waals surface area contributed by atoms with E-state index in [1.165, 1.54) is 0 Å². The van der Waals surface area contributed by atoms with E-state index in [4.69, 9.17) is 26.3 Å². The van der Waals surface area contributed by atoms with Crippen LogP contribution in [0.1, 0.15) is 5.56 Å². The van der Waals surface area contributed by atoms with Crippen LogP contribution >= 0.6 is 11.6 Å². The van der Waals surface area contributed by atoms with E-state index >= 15 is 0 Å². The lowest BCUT2D eigenvalue weighted by molar-refractivity contribution is 0.429. The lowest BCUT2D eigenvalue weighted by Crippen LogP contribution is -1.90. The highest BCUT2D eigenvalue weighted by atomic mass is 35.5. The Balaban J connectivity index is 2.10. The summed E-state index contributed by atoms with van der Waals surface area (Å²) in [5.41, 5.74) is 7.83. The van der Waals surface area contributed by atoms with Gasteiger partial charge in [0, 0.05) is 5.69 Å². The van der Waals surface area contributed by atoms with Crippen LogP contribution in [0, 0.1) is 6.92 Å². The average molecular weight is 276 g/mol. The van der Waals surface area contributed by atoms with Gasteiger partial charge in [0.05, 0.1) is 16.8 Å². The van der Waals surface area contributed by atoms with Crippen molar-refractivity contribution in [1.29, 1.82) is 0 Å². The average Bonchev–Trinajstić information content (AvgIpc) is 2.98. The van der Waals surface area contributed by atoms with Crippen molar-refractivity contribution in [1.82, 2.24) is 10.1 Å². The number of halogens is 1. The molecule has 0 atom stereocenters. The predicted octanol–water partition coefficient (Wildman–Crippen LogP) is 3.54. The molecule has 5 nitrogen and oxygen atoms in total. The minimum absolute atomic E-state index is 0.272. The monoisotopic (exact) mass is 275 g/mol. The zero-order valence-electron chi connectivity index (χ0n) is 10.1. The van der Waals surface area contributed by atoms with Crippen molar-refractivity contribution >= 4 is 17.3 Å². The van der Waals surface area contributed by atoms with Gasteiger partial charge < -0.3 is 14.7 Å². The Morgan fingerprint density at radius 1 is 1.26 bits per heavy atom. The van der Waals surface area contributed by atoms with Gasteiger partial charge in [-0.1, -0.05) is 22.8 Å². The molecule has 96 valence electrons. The van der Waals surface area contributed by atoms with Gasteiger partial charge in [0.1, 0.15) is 0 Å². The highest BCUT2D eigenvalue weighted by Gasteiger charge is 2.18. The summed E-state index contributed by atoms with van der Waals surface area (Å²) in [7, 11) is 0. The van der Waals surface area contributed by atoms with Gasteiger partial charge in [-0.3, -0.25) is 0 Å². The molecule has 0 spiro atoms. The van der Waals surface area contributed by atoms with Gasteiger partial charge in [-0.2, -0.15) is 4.98 Å². The number of rotatable bonds is 2. The molecule has 0 bridgehead atoms. The van der Waals surface area contributed by atoms with Gasteiger partial charge in [-0.05, 0) is 30.7 Å². The summed E-state index contributed by atoms with van der Waals surface area (Å²) in [6.45, 7) is 1.90. The van der Waals surface area contributed by atoms with E-state index < -0.39 is 0 Å². The van der Waals surface area contributed by atoms with Crippen molar-refractivity contribution < 1.29 is 8.94 Å². The van der Waals surface area contributed by atoms with E-state index in [1.54, 1.807) is 24.5 Å². The van der Waals surface area contributed by atoms with Crippen LogP contribution in [-0.4, -0.2) is 10.1 Å². The van der Waals surface area contributed by atoms with Crippen molar-refractivity contribution in [2.45, 2.75) is 6.92 Å². The molecule has 3 rings (SSSR count). The number of hydrogen-bond acceptors (Lipinski definition) is 5. The van der Waals surface area contributed by atoms with Crippen molar-refractivity contribution in [3.8, 4) is 23.0 Å². The molecule has 0 aliphatic heterocycles. The molecule has 1 aromatic carbocycles. The summed E-state index contributed by atoms with van der Waals surface area (Å²) in [5.74, 6) is 1.21. The topological polar surface area (TPSA) is 78.1 Å². The summed E-state index contributed by atoms with van der Waals surface area (Å²) in [6.07, 6.45) is 1.57. The minimum Gasteiger partial charge on any atom is -0.461 e. The van der Waals surface area contributed by atoms with Gasteiger partial charge in [0.25, 0.3) is 5.89 Å². The van der Waals surface area contributed by atoms with Crippen LogP contribution in [0.15, 0.2) is 39.5 Å². The lowest BCUT2D eigenvalue weighted by atomic mass is 10.2. The molecule has 0 aliphatic carbocycles. The fraction of sp³-hybridized carbons (Fsp3) is 0.0769. The molecular weight excluding hydrogens is 266 g/mol. The number of aryl methyl sites for hydroxylation is 1. The number of hydrogen-bond donors (Lipinski definition) is 1. The minimum atomic E-state index is 0.272. The smallest absolute Gasteiger partial charge is 0.261 e. The first-order chi connectivity index (χ1) is 9.16. The molecule has 2 aromatic heterocycles. The molecule has 2 heterocycles. The first-order valence-electron chi connectivity index (χ1n) is 5.59.